The smallest absolute Gasteiger partial charge is 0.157 e. The molecule has 0 aromatic carbocycles. The average Bonchev–Trinajstić information content (AvgIpc) is 1.61. The molecule has 0 unspecified atom stereocenters. The van der Waals surface area contributed by atoms with Crippen LogP contribution >= 0.6 is 0 Å². The number of nitrogens with one attached hydrogen (secondary N) is 1. The van der Waals surface area contributed by atoms with Crippen molar-refractivity contribution in [3.63, 3.8) is 0 Å². The van der Waals surface area contributed by atoms with Gasteiger partial charge < -0.3 is 5.01 Å². The van der Waals surface area contributed by atoms with Crippen molar-refractivity contribution in [2.75, 3.05) is 14.1 Å². The van der Waals surface area contributed by atoms with Crippen LogP contribution in [-0.4, -0.2) is 25.4 Å². The lowest BCUT2D eigenvalue weighted by Gasteiger charge is -1.98. The van der Waals surface area contributed by atoms with Gasteiger partial charge in [-0.3, -0.25) is 0 Å². The third-order valence-electron chi connectivity index (χ3n) is 0.340. The summed E-state index contributed by atoms with van der Waals surface area (Å²) in [6.45, 7) is 0. The van der Waals surface area contributed by atoms with E-state index in [4.69, 9.17) is 5.53 Å². The molecule has 40 valence electrons. The summed E-state index contributed by atoms with van der Waals surface area (Å²) >= 11 is 0. The fourth-order valence-electron chi connectivity index (χ4n) is 0.129. The summed E-state index contributed by atoms with van der Waals surface area (Å²) in [4.78, 5) is 0. The van der Waals surface area contributed by atoms with Crippen LogP contribution in [0.1, 0.15) is 0 Å². The van der Waals surface area contributed by atoms with Crippen molar-refractivity contribution in [2.24, 2.45) is 10.2 Å². The maximum atomic E-state index is 6.24. The van der Waals surface area contributed by atoms with E-state index >= 15 is 0 Å². The summed E-state index contributed by atoms with van der Waals surface area (Å²) in [6, 6.07) is 0. The molecule has 0 aliphatic rings. The largest absolute Gasteiger partial charge is 0.302 e. The Labute approximate surface area is 42.3 Å². The molecule has 0 amide bonds. The average molecular weight is 100 g/mol. The molecule has 0 rings (SSSR count). The minimum atomic E-state index is 1.17. The van der Waals surface area contributed by atoms with Crippen molar-refractivity contribution < 1.29 is 0 Å². The van der Waals surface area contributed by atoms with E-state index in [1.165, 1.54) is 6.34 Å². The third kappa shape index (κ3) is 5.07. The molecule has 0 aliphatic heterocycles. The summed E-state index contributed by atoms with van der Waals surface area (Å²) in [5, 5.41) is 8.06. The van der Waals surface area contributed by atoms with Crippen LogP contribution in [0.25, 0.3) is 0 Å². The van der Waals surface area contributed by atoms with Crippen LogP contribution in [-0.2, 0) is 0 Å². The van der Waals surface area contributed by atoms with Gasteiger partial charge in [0.2, 0.25) is 0 Å². The van der Waals surface area contributed by atoms with E-state index in [1.54, 1.807) is 19.1 Å². The van der Waals surface area contributed by atoms with E-state index in [0.717, 1.165) is 0 Å². The lowest BCUT2D eigenvalue weighted by molar-refractivity contribution is 0.439. The molecule has 0 spiro atoms. The molecule has 0 aliphatic carbocycles. The third-order valence-corrected chi connectivity index (χ3v) is 0.340. The van der Waals surface area contributed by atoms with Gasteiger partial charge in [0.1, 0.15) is 0 Å². The Morgan fingerprint density at radius 3 is 2.29 bits per heavy atom. The molecular weight excluding hydrogens is 92.1 g/mol. The number of hydrogen-bond donors (Lipinski definition) is 1. The van der Waals surface area contributed by atoms with Crippen molar-refractivity contribution in [1.82, 2.24) is 5.01 Å². The molecule has 0 saturated heterocycles. The minimum Gasteiger partial charge on any atom is -0.302 e. The van der Waals surface area contributed by atoms with Gasteiger partial charge in [0, 0.05) is 14.1 Å². The van der Waals surface area contributed by atoms with Crippen LogP contribution in [0.2, 0.25) is 0 Å². The summed E-state index contributed by atoms with van der Waals surface area (Å²) in [7, 11) is 3.53. The lowest BCUT2D eigenvalue weighted by atomic mass is 11.1. The predicted octanol–water partition coefficient (Wildman–Crippen LogP) is 0.522. The standard InChI is InChI=1S/C3H8N4/c1-7(2)6-3-5-4/h3-4H,1-2H3/b5-4?,6-3-. The lowest BCUT2D eigenvalue weighted by Crippen LogP contribution is -2.00. The van der Waals surface area contributed by atoms with Gasteiger partial charge >= 0.3 is 0 Å². The molecule has 0 aromatic heterocycles. The molecule has 1 N–H and O–H groups in total. The van der Waals surface area contributed by atoms with Crippen LogP contribution in [0, 0.1) is 5.53 Å². The van der Waals surface area contributed by atoms with Crippen molar-refractivity contribution >= 4 is 6.34 Å². The van der Waals surface area contributed by atoms with E-state index in [-0.39, 0.29) is 0 Å². The summed E-state index contributed by atoms with van der Waals surface area (Å²) in [5.74, 6) is 0. The fourth-order valence-corrected chi connectivity index (χ4v) is 0.129. The van der Waals surface area contributed by atoms with Gasteiger partial charge in [0.25, 0.3) is 0 Å². The van der Waals surface area contributed by atoms with Gasteiger partial charge in [-0.05, 0) is 0 Å². The van der Waals surface area contributed by atoms with E-state index in [0.29, 0.717) is 0 Å². The Bertz CT molecular complexity index is 75.0. The quantitative estimate of drug-likeness (QED) is 0.234. The molecule has 0 aromatic rings. The Balaban J connectivity index is 3.25. The van der Waals surface area contributed by atoms with Gasteiger partial charge in [-0.25, -0.2) is 5.53 Å². The molecule has 0 atom stereocenters. The van der Waals surface area contributed by atoms with Gasteiger partial charge in [0.15, 0.2) is 6.34 Å². The number of rotatable bonds is 2. The molecule has 0 heterocycles. The van der Waals surface area contributed by atoms with Gasteiger partial charge in [-0.15, -0.1) is 5.11 Å². The zero-order valence-corrected chi connectivity index (χ0v) is 4.42. The first kappa shape index (κ1) is 6.07. The first-order valence-electron chi connectivity index (χ1n) is 1.83. The molecule has 4 nitrogen and oxygen atoms in total. The summed E-state index contributed by atoms with van der Waals surface area (Å²) < 4.78 is 0. The van der Waals surface area contributed by atoms with E-state index in [9.17, 15) is 0 Å². The number of nitrogens with zero attached hydrogens (tertiary/aromatic N) is 3. The van der Waals surface area contributed by atoms with Crippen LogP contribution in [0.5, 0.6) is 0 Å². The Morgan fingerprint density at radius 2 is 2.14 bits per heavy atom. The van der Waals surface area contributed by atoms with Gasteiger partial charge in [-0.2, -0.15) is 5.10 Å². The highest BCUT2D eigenvalue weighted by Crippen LogP contribution is 1.69. The molecule has 0 fully saturated rings. The fraction of sp³-hybridized carbons (Fsp3) is 0.667. The highest BCUT2D eigenvalue weighted by molar-refractivity contribution is 5.53. The van der Waals surface area contributed by atoms with Crippen molar-refractivity contribution in [2.45, 2.75) is 0 Å². The van der Waals surface area contributed by atoms with Crippen LogP contribution in [0.4, 0.5) is 0 Å². The summed E-state index contributed by atoms with van der Waals surface area (Å²) in [6.07, 6.45) is 1.17. The maximum Gasteiger partial charge on any atom is 0.157 e. The zero-order chi connectivity index (χ0) is 5.70. The second-order valence-corrected chi connectivity index (χ2v) is 1.21. The van der Waals surface area contributed by atoms with Gasteiger partial charge in [0.05, 0.1) is 0 Å². The second kappa shape index (κ2) is 3.27. The Kier molecular flexibility index (Phi) is 2.83. The van der Waals surface area contributed by atoms with Crippen LogP contribution < -0.4 is 0 Å². The normalized spacial score (nSPS) is 9.43. The SMILES string of the molecule is CN(C)/N=C\N=N. The molecule has 0 bridgehead atoms. The van der Waals surface area contributed by atoms with E-state index in [1.807, 2.05) is 0 Å². The first-order valence-corrected chi connectivity index (χ1v) is 1.83. The number of hydrazone groups is 1. The highest BCUT2D eigenvalue weighted by atomic mass is 15.4. The second-order valence-electron chi connectivity index (χ2n) is 1.21. The van der Waals surface area contributed by atoms with E-state index in [2.05, 4.69) is 10.2 Å². The zero-order valence-electron chi connectivity index (χ0n) is 4.42. The highest BCUT2D eigenvalue weighted by Gasteiger charge is 1.69. The topological polar surface area (TPSA) is 51.8 Å². The maximum absolute atomic E-state index is 6.24. The van der Waals surface area contributed by atoms with Crippen LogP contribution in [0.3, 0.4) is 0 Å². The minimum absolute atomic E-state index is 1.17. The summed E-state index contributed by atoms with van der Waals surface area (Å²) in [5.41, 5.74) is 6.24. The Morgan fingerprint density at radius 1 is 1.57 bits per heavy atom. The Hall–Kier alpha value is -0.930. The molecule has 7 heavy (non-hydrogen) atoms. The van der Waals surface area contributed by atoms with E-state index < -0.39 is 0 Å². The molecule has 4 heteroatoms. The van der Waals surface area contributed by atoms with Crippen molar-refractivity contribution in [3.05, 3.63) is 0 Å². The monoisotopic (exact) mass is 100 g/mol. The van der Waals surface area contributed by atoms with Crippen LogP contribution in [0.15, 0.2) is 10.2 Å². The predicted molar refractivity (Wildman–Crippen MR) is 27.3 cm³/mol. The number of hydrogen-bond acceptors (Lipinski definition) is 3. The van der Waals surface area contributed by atoms with Crippen molar-refractivity contribution in [1.29, 1.82) is 5.53 Å². The molecule has 0 saturated carbocycles. The van der Waals surface area contributed by atoms with Gasteiger partial charge in [-0.1, -0.05) is 0 Å². The first-order chi connectivity index (χ1) is 3.27. The van der Waals surface area contributed by atoms with Crippen molar-refractivity contribution in [3.8, 4) is 0 Å². The molecule has 0 radical (unpaired) electrons. The molecular formula is C3H8N4.